The maximum absolute atomic E-state index is 12.9. The molecule has 1 atom stereocenters. The van der Waals surface area contributed by atoms with E-state index in [2.05, 4.69) is 16.0 Å². The van der Waals surface area contributed by atoms with Crippen molar-refractivity contribution in [3.05, 3.63) is 24.3 Å². The van der Waals surface area contributed by atoms with Crippen molar-refractivity contribution in [1.29, 1.82) is 0 Å². The van der Waals surface area contributed by atoms with E-state index >= 15 is 0 Å². The first kappa shape index (κ1) is 20.8. The Morgan fingerprint density at radius 1 is 1.17 bits per heavy atom. The molecular formula is C20H29N5O4. The summed E-state index contributed by atoms with van der Waals surface area (Å²) >= 11 is 0. The molecule has 29 heavy (non-hydrogen) atoms. The van der Waals surface area contributed by atoms with Gasteiger partial charge in [0.2, 0.25) is 5.91 Å². The van der Waals surface area contributed by atoms with Crippen LogP contribution in [0.1, 0.15) is 20.3 Å². The molecule has 2 saturated heterocycles. The highest BCUT2D eigenvalue weighted by atomic mass is 16.5. The number of amides is 5. The predicted octanol–water partition coefficient (Wildman–Crippen LogP) is 1.47. The van der Waals surface area contributed by atoms with Crippen LogP contribution in [0.15, 0.2) is 24.3 Å². The van der Waals surface area contributed by atoms with Crippen LogP contribution < -0.4 is 20.7 Å². The van der Waals surface area contributed by atoms with E-state index in [-0.39, 0.29) is 24.0 Å². The van der Waals surface area contributed by atoms with E-state index in [4.69, 9.17) is 4.74 Å². The Morgan fingerprint density at radius 3 is 2.45 bits per heavy atom. The second kappa shape index (κ2) is 8.59. The number of nitrogens with one attached hydrogen (secondary N) is 3. The normalized spacial score (nSPS) is 21.7. The van der Waals surface area contributed by atoms with Gasteiger partial charge in [-0.1, -0.05) is 6.07 Å². The quantitative estimate of drug-likeness (QED) is 0.711. The highest BCUT2D eigenvalue weighted by molar-refractivity contribution is 5.90. The first-order valence-corrected chi connectivity index (χ1v) is 9.82. The van der Waals surface area contributed by atoms with Crippen LogP contribution in [-0.4, -0.2) is 73.6 Å². The molecule has 2 fully saturated rings. The molecule has 2 aliphatic heterocycles. The molecule has 2 heterocycles. The van der Waals surface area contributed by atoms with Crippen LogP contribution in [-0.2, 0) is 4.79 Å². The van der Waals surface area contributed by atoms with Crippen molar-refractivity contribution in [2.75, 3.05) is 45.2 Å². The molecule has 3 rings (SSSR count). The summed E-state index contributed by atoms with van der Waals surface area (Å²) in [5, 5.41) is 8.65. The lowest BCUT2D eigenvalue weighted by molar-refractivity contribution is -0.119. The SMILES string of the molecule is COc1cccc(NC(=O)N2CCN(C(=O)NC(C)C)CC3(CNC(=O)C3)C2)c1. The van der Waals surface area contributed by atoms with E-state index in [0.29, 0.717) is 50.6 Å². The zero-order valence-electron chi connectivity index (χ0n) is 17.2. The van der Waals surface area contributed by atoms with Crippen molar-refractivity contribution in [2.24, 2.45) is 5.41 Å². The van der Waals surface area contributed by atoms with Crippen molar-refractivity contribution in [3.8, 4) is 5.75 Å². The second-order valence-corrected chi connectivity index (χ2v) is 8.06. The summed E-state index contributed by atoms with van der Waals surface area (Å²) in [6.45, 7) is 5.86. The Hall–Kier alpha value is -2.97. The van der Waals surface area contributed by atoms with E-state index in [1.807, 2.05) is 13.8 Å². The Kier molecular flexibility index (Phi) is 6.14. The Labute approximate surface area is 170 Å². The molecule has 1 spiro atoms. The van der Waals surface area contributed by atoms with Gasteiger partial charge in [-0.25, -0.2) is 9.59 Å². The highest BCUT2D eigenvalue weighted by Gasteiger charge is 2.45. The first-order chi connectivity index (χ1) is 13.8. The standard InChI is InChI=1S/C20H29N5O4/c1-14(2)22-18(27)24-7-8-25(13-20(12-24)10-17(26)21-11-20)19(28)23-15-5-4-6-16(9-15)29-3/h4-6,9,14H,7-8,10-13H2,1-3H3,(H,21,26)(H,22,27)(H,23,28). The van der Waals surface area contributed by atoms with E-state index in [0.717, 1.165) is 0 Å². The minimum Gasteiger partial charge on any atom is -0.497 e. The summed E-state index contributed by atoms with van der Waals surface area (Å²) in [5.74, 6) is 0.599. The molecule has 158 valence electrons. The highest BCUT2D eigenvalue weighted by Crippen LogP contribution is 2.31. The summed E-state index contributed by atoms with van der Waals surface area (Å²) in [4.78, 5) is 40.9. The lowest BCUT2D eigenvalue weighted by Gasteiger charge is -2.32. The van der Waals surface area contributed by atoms with Crippen molar-refractivity contribution < 1.29 is 19.1 Å². The van der Waals surface area contributed by atoms with Gasteiger partial charge in [-0.2, -0.15) is 0 Å². The Bertz CT molecular complexity index is 784. The van der Waals surface area contributed by atoms with Gasteiger partial charge < -0.3 is 30.5 Å². The van der Waals surface area contributed by atoms with Gasteiger partial charge in [0.1, 0.15) is 5.75 Å². The summed E-state index contributed by atoms with van der Waals surface area (Å²) in [6, 6.07) is 6.72. The van der Waals surface area contributed by atoms with E-state index in [1.165, 1.54) is 0 Å². The fourth-order valence-corrected chi connectivity index (χ4v) is 3.82. The van der Waals surface area contributed by atoms with E-state index in [9.17, 15) is 14.4 Å². The number of methoxy groups -OCH3 is 1. The fourth-order valence-electron chi connectivity index (χ4n) is 3.82. The Morgan fingerprint density at radius 2 is 1.86 bits per heavy atom. The molecular weight excluding hydrogens is 374 g/mol. The second-order valence-electron chi connectivity index (χ2n) is 8.06. The number of carbonyl (C=O) groups excluding carboxylic acids is 3. The molecule has 1 unspecified atom stereocenters. The lowest BCUT2D eigenvalue weighted by Crippen LogP contribution is -2.49. The maximum Gasteiger partial charge on any atom is 0.321 e. The number of benzene rings is 1. The molecule has 9 nitrogen and oxygen atoms in total. The minimum atomic E-state index is -0.492. The topological polar surface area (TPSA) is 103 Å². The zero-order chi connectivity index (χ0) is 21.0. The molecule has 1 aromatic rings. The largest absolute Gasteiger partial charge is 0.497 e. The van der Waals surface area contributed by atoms with Gasteiger partial charge in [-0.3, -0.25) is 4.79 Å². The van der Waals surface area contributed by atoms with Crippen LogP contribution in [0.25, 0.3) is 0 Å². The molecule has 0 aliphatic carbocycles. The van der Waals surface area contributed by atoms with Gasteiger partial charge in [0.25, 0.3) is 0 Å². The monoisotopic (exact) mass is 403 g/mol. The number of nitrogens with zero attached hydrogens (tertiary/aromatic N) is 2. The average Bonchev–Trinajstić information content (AvgIpc) is 2.92. The number of anilines is 1. The van der Waals surface area contributed by atoms with Crippen LogP contribution in [0.5, 0.6) is 5.75 Å². The Balaban J connectivity index is 1.76. The average molecular weight is 403 g/mol. The van der Waals surface area contributed by atoms with Gasteiger partial charge >= 0.3 is 12.1 Å². The molecule has 9 heteroatoms. The minimum absolute atomic E-state index is 0.0116. The van der Waals surface area contributed by atoms with Crippen LogP contribution in [0, 0.1) is 5.41 Å². The van der Waals surface area contributed by atoms with Crippen molar-refractivity contribution >= 4 is 23.7 Å². The van der Waals surface area contributed by atoms with Gasteiger partial charge in [0, 0.05) is 62.4 Å². The lowest BCUT2D eigenvalue weighted by atomic mass is 9.86. The number of carbonyl (C=O) groups is 3. The predicted molar refractivity (Wildman–Crippen MR) is 109 cm³/mol. The van der Waals surface area contributed by atoms with Gasteiger partial charge in [-0.05, 0) is 26.0 Å². The molecule has 0 saturated carbocycles. The van der Waals surface area contributed by atoms with Crippen LogP contribution in [0.4, 0.5) is 15.3 Å². The molecule has 0 bridgehead atoms. The molecule has 0 aromatic heterocycles. The molecule has 1 aromatic carbocycles. The van der Waals surface area contributed by atoms with Crippen molar-refractivity contribution in [3.63, 3.8) is 0 Å². The fraction of sp³-hybridized carbons (Fsp3) is 0.550. The van der Waals surface area contributed by atoms with Crippen molar-refractivity contribution in [2.45, 2.75) is 26.3 Å². The smallest absolute Gasteiger partial charge is 0.321 e. The molecule has 3 N–H and O–H groups in total. The molecule has 0 radical (unpaired) electrons. The van der Waals surface area contributed by atoms with E-state index < -0.39 is 5.41 Å². The van der Waals surface area contributed by atoms with Crippen molar-refractivity contribution in [1.82, 2.24) is 20.4 Å². The summed E-state index contributed by atoms with van der Waals surface area (Å²) in [5.41, 5.74) is 0.135. The van der Waals surface area contributed by atoms with Crippen LogP contribution in [0.3, 0.4) is 0 Å². The zero-order valence-corrected chi connectivity index (χ0v) is 17.2. The summed E-state index contributed by atoms with van der Waals surface area (Å²) < 4.78 is 5.20. The number of hydrogen-bond acceptors (Lipinski definition) is 4. The van der Waals surface area contributed by atoms with Gasteiger partial charge in [0.05, 0.1) is 7.11 Å². The van der Waals surface area contributed by atoms with E-state index in [1.54, 1.807) is 41.2 Å². The number of ether oxygens (including phenoxy) is 1. The third kappa shape index (κ3) is 5.10. The summed E-state index contributed by atoms with van der Waals surface area (Å²) in [7, 11) is 1.57. The number of urea groups is 2. The third-order valence-corrected chi connectivity index (χ3v) is 5.20. The van der Waals surface area contributed by atoms with Crippen LogP contribution >= 0.6 is 0 Å². The van der Waals surface area contributed by atoms with Gasteiger partial charge in [-0.15, -0.1) is 0 Å². The van der Waals surface area contributed by atoms with Crippen LogP contribution in [0.2, 0.25) is 0 Å². The number of rotatable bonds is 3. The number of hydrogen-bond donors (Lipinski definition) is 3. The van der Waals surface area contributed by atoms with Gasteiger partial charge in [0.15, 0.2) is 0 Å². The maximum atomic E-state index is 12.9. The first-order valence-electron chi connectivity index (χ1n) is 9.82. The summed E-state index contributed by atoms with van der Waals surface area (Å²) in [6.07, 6.45) is 0.293. The third-order valence-electron chi connectivity index (χ3n) is 5.20. The molecule has 5 amide bonds. The molecule has 2 aliphatic rings.